The fourth-order valence-corrected chi connectivity index (χ4v) is 9.15. The Morgan fingerprint density at radius 1 is 0.836 bits per heavy atom. The number of Topliss-reactive ketones (excluding diaryl/α,β-unsaturated/α-hetero) is 2. The molecule has 61 heavy (non-hydrogen) atoms. The number of benzene rings is 1. The Labute approximate surface area is 358 Å². The van der Waals surface area contributed by atoms with Crippen LogP contribution in [0.5, 0.6) is 0 Å². The number of aromatic nitrogens is 1. The van der Waals surface area contributed by atoms with Crippen molar-refractivity contribution in [2.75, 3.05) is 32.5 Å². The summed E-state index contributed by atoms with van der Waals surface area (Å²) in [5.74, 6) is -9.60. The monoisotopic (exact) mass is 867 g/mol. The van der Waals surface area contributed by atoms with Crippen molar-refractivity contribution in [3.05, 3.63) is 29.8 Å². The molecule has 18 nitrogen and oxygen atoms in total. The number of rotatable bonds is 6. The summed E-state index contributed by atoms with van der Waals surface area (Å²) in [5, 5.41) is 25.3. The Balaban J connectivity index is 1.67. The summed E-state index contributed by atoms with van der Waals surface area (Å²) in [4.78, 5) is 129. The Hall–Kier alpha value is -5.30. The molecule has 1 aromatic carbocycles. The molecule has 0 unspecified atom stereocenters. The van der Waals surface area contributed by atoms with E-state index in [0.717, 1.165) is 29.2 Å². The summed E-state index contributed by atoms with van der Waals surface area (Å²) in [6, 6.07) is 2.47. The van der Waals surface area contributed by atoms with Gasteiger partial charge in [0.25, 0.3) is 0 Å². The number of hydrogen-bond acceptors (Lipinski definition) is 12. The summed E-state index contributed by atoms with van der Waals surface area (Å²) in [6.07, 6.45) is -1.95. The molecule has 0 radical (unpaired) electrons. The highest BCUT2D eigenvalue weighted by molar-refractivity contribution is 7.99. The number of hydrogen-bond donors (Lipinski definition) is 7. The van der Waals surface area contributed by atoms with Gasteiger partial charge in [0.1, 0.15) is 12.1 Å². The molecule has 2 bridgehead atoms. The zero-order valence-electron chi connectivity index (χ0n) is 35.2. The highest BCUT2D eigenvalue weighted by Gasteiger charge is 2.44. The summed E-state index contributed by atoms with van der Waals surface area (Å²) in [5.41, 5.74) is 1.31. The van der Waals surface area contributed by atoms with Crippen LogP contribution in [0.4, 0.5) is 0 Å². The van der Waals surface area contributed by atoms with Gasteiger partial charge in [0.2, 0.25) is 35.4 Å². The maximum absolute atomic E-state index is 14.5. The first kappa shape index (κ1) is 46.8. The van der Waals surface area contributed by atoms with Crippen molar-refractivity contribution in [2.45, 2.75) is 108 Å². The van der Waals surface area contributed by atoms with Crippen LogP contribution in [0.15, 0.2) is 29.3 Å². The quantitative estimate of drug-likeness (QED) is 0.193. The average molecular weight is 868 g/mol. The fourth-order valence-electron chi connectivity index (χ4n) is 8.00. The number of ketones is 2. The number of methoxy groups -OCH3 is 1. The number of esters is 1. The van der Waals surface area contributed by atoms with E-state index < -0.39 is 133 Å². The van der Waals surface area contributed by atoms with E-state index in [9.17, 15) is 48.3 Å². The summed E-state index contributed by atoms with van der Waals surface area (Å²) in [6.45, 7) is 5.75. The number of H-pyrrole nitrogens is 1. The molecule has 1 fully saturated rings. The molecule has 6 amide bonds. The second-order valence-electron chi connectivity index (χ2n) is 16.3. The maximum atomic E-state index is 14.5. The van der Waals surface area contributed by atoms with Crippen LogP contribution in [0.3, 0.4) is 0 Å². The minimum absolute atomic E-state index is 0.0200. The van der Waals surface area contributed by atoms with Crippen LogP contribution in [-0.2, 0) is 54.3 Å². The molecule has 1 saturated heterocycles. The van der Waals surface area contributed by atoms with E-state index in [1.54, 1.807) is 19.9 Å². The molecular formula is C42H57N7O11S. The second kappa shape index (κ2) is 21.0. The fraction of sp³-hybridized carbons (Fsp3) is 0.595. The van der Waals surface area contributed by atoms with Gasteiger partial charge in [-0.2, -0.15) is 0 Å². The first-order valence-electron chi connectivity index (χ1n) is 20.8. The smallest absolute Gasteiger partial charge is 0.306 e. The van der Waals surface area contributed by atoms with Gasteiger partial charge in [0, 0.05) is 48.4 Å². The number of carbonyl (C=O) groups excluding carboxylic acids is 9. The van der Waals surface area contributed by atoms with Crippen molar-refractivity contribution >= 4 is 75.6 Å². The number of aromatic amines is 1. The molecule has 3 aliphatic rings. The third kappa shape index (κ3) is 11.5. The molecule has 3 aliphatic heterocycles. The predicted octanol–water partition coefficient (Wildman–Crippen LogP) is 0.284. The second-order valence-corrected chi connectivity index (χ2v) is 17.3. The van der Waals surface area contributed by atoms with E-state index in [2.05, 4.69) is 31.6 Å². The van der Waals surface area contributed by atoms with Crippen molar-refractivity contribution in [3.8, 4) is 0 Å². The highest BCUT2D eigenvalue weighted by atomic mass is 32.2. The number of nitrogens with zero attached hydrogens (tertiary/aromatic N) is 1. The van der Waals surface area contributed by atoms with E-state index in [1.807, 2.05) is 32.0 Å². The lowest BCUT2D eigenvalue weighted by atomic mass is 9.86. The Kier molecular flexibility index (Phi) is 16.1. The number of nitrogens with one attached hydrogen (secondary N) is 6. The lowest BCUT2D eigenvalue weighted by Gasteiger charge is -2.31. The number of aliphatic hydroxyl groups is 1. The number of fused-ring (bicyclic) bond motifs is 5. The lowest BCUT2D eigenvalue weighted by Crippen LogP contribution is -2.55. The Morgan fingerprint density at radius 3 is 2.18 bits per heavy atom. The molecule has 1 aromatic heterocycles. The van der Waals surface area contributed by atoms with E-state index in [4.69, 9.17) is 4.74 Å². The molecule has 2 aromatic rings. The zero-order valence-corrected chi connectivity index (χ0v) is 36.0. The first-order valence-corrected chi connectivity index (χ1v) is 21.8. The van der Waals surface area contributed by atoms with Crippen molar-refractivity contribution in [1.29, 1.82) is 0 Å². The van der Waals surface area contributed by atoms with Gasteiger partial charge in [-0.05, 0) is 29.9 Å². The molecule has 4 heterocycles. The lowest BCUT2D eigenvalue weighted by molar-refractivity contribution is -0.149. The molecule has 332 valence electrons. The van der Waals surface area contributed by atoms with Gasteiger partial charge < -0.3 is 46.3 Å². The SMILES string of the molecule is CC[C@H](C)[C@@H]1NC(=O)[C@@H]2C[C@@H](O)CN2C(=O)[C@H](CC(=O)OC)CC(=O)[C@@H]2CSc3[nH]c4ccccc4c3C[C@H](CC1=O)C(=O)NCC(=O)N[C@@H]([C@@H](C)CC)C(=O)NCC(=O)N2. The minimum atomic E-state index is -1.37. The van der Waals surface area contributed by atoms with Gasteiger partial charge in [0.05, 0.1) is 55.8 Å². The molecule has 0 saturated carbocycles. The minimum Gasteiger partial charge on any atom is -0.469 e. The number of para-hydroxylation sites is 1. The van der Waals surface area contributed by atoms with Gasteiger partial charge >= 0.3 is 5.97 Å². The van der Waals surface area contributed by atoms with Crippen LogP contribution in [0.2, 0.25) is 0 Å². The van der Waals surface area contributed by atoms with E-state index in [-0.39, 0.29) is 31.6 Å². The summed E-state index contributed by atoms with van der Waals surface area (Å²) < 4.78 is 4.87. The van der Waals surface area contributed by atoms with Crippen LogP contribution < -0.4 is 26.6 Å². The van der Waals surface area contributed by atoms with E-state index in [1.165, 1.54) is 0 Å². The Morgan fingerprint density at radius 2 is 1.49 bits per heavy atom. The van der Waals surface area contributed by atoms with Crippen molar-refractivity contribution in [1.82, 2.24) is 36.5 Å². The van der Waals surface area contributed by atoms with Crippen molar-refractivity contribution in [2.24, 2.45) is 23.7 Å². The van der Waals surface area contributed by atoms with Gasteiger partial charge in [-0.15, -0.1) is 11.8 Å². The third-order valence-electron chi connectivity index (χ3n) is 12.0. The molecule has 5 rings (SSSR count). The molecule has 9 atom stereocenters. The summed E-state index contributed by atoms with van der Waals surface area (Å²) >= 11 is 1.15. The average Bonchev–Trinajstić information content (AvgIpc) is 3.81. The van der Waals surface area contributed by atoms with Crippen molar-refractivity contribution in [3.63, 3.8) is 0 Å². The van der Waals surface area contributed by atoms with Crippen LogP contribution >= 0.6 is 11.8 Å². The first-order chi connectivity index (χ1) is 29.0. The van der Waals surface area contributed by atoms with E-state index in [0.29, 0.717) is 28.9 Å². The molecular weight excluding hydrogens is 811 g/mol. The topological polar surface area (TPSA) is 262 Å². The number of ether oxygens (including phenoxy) is 1. The maximum Gasteiger partial charge on any atom is 0.306 e. The number of amides is 6. The van der Waals surface area contributed by atoms with Crippen LogP contribution in [0.25, 0.3) is 10.9 Å². The normalized spacial score (nSPS) is 27.8. The van der Waals surface area contributed by atoms with Gasteiger partial charge in [-0.1, -0.05) is 58.7 Å². The van der Waals surface area contributed by atoms with Gasteiger partial charge in [-0.3, -0.25) is 43.2 Å². The van der Waals surface area contributed by atoms with Gasteiger partial charge in [-0.25, -0.2) is 0 Å². The number of aliphatic hydroxyl groups excluding tert-OH is 1. The third-order valence-corrected chi connectivity index (χ3v) is 13.1. The largest absolute Gasteiger partial charge is 0.469 e. The predicted molar refractivity (Wildman–Crippen MR) is 222 cm³/mol. The standard InChI is InChI=1S/C42H57N7O11S/c1-6-21(3)36-32(52)13-23-12-27-26-10-8-9-11-28(26)46-41(27)61-20-29(45-33(53)17-44-40(58)37(22(4)7-2)47-34(54)18-43-38(23)56)31(51)14-24(15-35(55)60-5)42(59)49-19-25(50)16-30(49)39(57)48-36/h8-11,21-25,29-30,36-37,46,50H,6-7,12-20H2,1-5H3,(H,43,56)(H,44,58)(H,45,53)(H,47,54)(H,48,57)/t21-,22-,23+,24-,25+,29-,30-,36-,37-/m0/s1. The van der Waals surface area contributed by atoms with Crippen LogP contribution in [0.1, 0.15) is 71.8 Å². The van der Waals surface area contributed by atoms with E-state index >= 15 is 0 Å². The highest BCUT2D eigenvalue weighted by Crippen LogP contribution is 2.34. The number of carbonyl (C=O) groups is 9. The van der Waals surface area contributed by atoms with Crippen LogP contribution in [-0.4, -0.2) is 131 Å². The van der Waals surface area contributed by atoms with Crippen LogP contribution in [0, 0.1) is 23.7 Å². The van der Waals surface area contributed by atoms with Gasteiger partial charge in [0.15, 0.2) is 11.6 Å². The molecule has 0 aliphatic carbocycles. The number of thioether (sulfide) groups is 1. The zero-order chi connectivity index (χ0) is 44.5. The molecule has 0 spiro atoms. The van der Waals surface area contributed by atoms with Crippen molar-refractivity contribution < 1.29 is 53.0 Å². The molecule has 7 N–H and O–H groups in total. The molecule has 19 heteroatoms. The summed E-state index contributed by atoms with van der Waals surface area (Å²) in [7, 11) is 1.12. The Bertz CT molecular complexity index is 2020.